The smallest absolute Gasteiger partial charge is 0.280 e. The molecule has 164 valence electrons. The predicted molar refractivity (Wildman–Crippen MR) is 120 cm³/mol. The molecular formula is C24H25N5O3. The van der Waals surface area contributed by atoms with Crippen molar-refractivity contribution in [1.82, 2.24) is 20.1 Å². The fourth-order valence-electron chi connectivity index (χ4n) is 4.04. The highest BCUT2D eigenvalue weighted by Crippen LogP contribution is 2.22. The summed E-state index contributed by atoms with van der Waals surface area (Å²) in [6, 6.07) is 10.7. The number of aromatic amines is 1. The van der Waals surface area contributed by atoms with E-state index in [-0.39, 0.29) is 17.5 Å². The molecule has 3 heterocycles. The number of carbonyl (C=O) groups excluding carboxylic acids is 1. The maximum atomic E-state index is 13.0. The van der Waals surface area contributed by atoms with Crippen molar-refractivity contribution in [2.45, 2.75) is 32.7 Å². The number of carbonyl (C=O) groups is 1. The zero-order valence-corrected chi connectivity index (χ0v) is 18.1. The fourth-order valence-corrected chi connectivity index (χ4v) is 4.04. The molecule has 0 radical (unpaired) electrons. The number of aryl methyl sites for hydroxylation is 1. The summed E-state index contributed by atoms with van der Waals surface area (Å²) in [6.45, 7) is 5.34. The van der Waals surface area contributed by atoms with Crippen LogP contribution in [-0.2, 0) is 4.74 Å². The highest BCUT2D eigenvalue weighted by molar-refractivity contribution is 5.94. The number of hydrogen-bond donors (Lipinski definition) is 2. The molecule has 8 heteroatoms. The summed E-state index contributed by atoms with van der Waals surface area (Å²) < 4.78 is 6.72. The predicted octanol–water partition coefficient (Wildman–Crippen LogP) is 2.95. The number of H-pyrrole nitrogens is 1. The van der Waals surface area contributed by atoms with Crippen LogP contribution in [0.2, 0.25) is 0 Å². The molecule has 2 N–H and O–H groups in total. The minimum absolute atomic E-state index is 0.0512. The number of nitriles is 1. The second-order valence-corrected chi connectivity index (χ2v) is 8.09. The third-order valence-electron chi connectivity index (χ3n) is 5.99. The van der Waals surface area contributed by atoms with E-state index in [2.05, 4.69) is 21.5 Å². The van der Waals surface area contributed by atoms with Crippen LogP contribution in [0.5, 0.6) is 0 Å². The molecule has 0 spiro atoms. The molecule has 2 aromatic heterocycles. The SMILES string of the molecule is Cc1cc(C#N)ccc1-c1c[nH]n(-c2ccc(C(=O)NC(C)C3CCOCC3)cn2)c1=O. The van der Waals surface area contributed by atoms with E-state index in [0.29, 0.717) is 28.4 Å². The lowest BCUT2D eigenvalue weighted by molar-refractivity contribution is 0.0538. The second-order valence-electron chi connectivity index (χ2n) is 8.09. The van der Waals surface area contributed by atoms with Crippen LogP contribution in [0.25, 0.3) is 16.9 Å². The Morgan fingerprint density at radius 2 is 2.06 bits per heavy atom. The van der Waals surface area contributed by atoms with Crippen molar-refractivity contribution >= 4 is 5.91 Å². The van der Waals surface area contributed by atoms with E-state index in [4.69, 9.17) is 10.00 Å². The van der Waals surface area contributed by atoms with Crippen molar-refractivity contribution in [3.8, 4) is 23.0 Å². The second kappa shape index (κ2) is 9.20. The van der Waals surface area contributed by atoms with Gasteiger partial charge >= 0.3 is 0 Å². The number of ether oxygens (including phenoxy) is 1. The van der Waals surface area contributed by atoms with Crippen molar-refractivity contribution in [3.63, 3.8) is 0 Å². The van der Waals surface area contributed by atoms with Crippen LogP contribution in [0.4, 0.5) is 0 Å². The van der Waals surface area contributed by atoms with Gasteiger partial charge in [0.05, 0.1) is 22.8 Å². The summed E-state index contributed by atoms with van der Waals surface area (Å²) in [6.07, 6.45) is 4.97. The van der Waals surface area contributed by atoms with Crippen LogP contribution in [0.15, 0.2) is 47.5 Å². The normalized spacial score (nSPS) is 15.2. The van der Waals surface area contributed by atoms with Gasteiger partial charge in [0.2, 0.25) is 0 Å². The van der Waals surface area contributed by atoms with Crippen LogP contribution in [-0.4, -0.2) is 39.9 Å². The topological polar surface area (TPSA) is 113 Å². The molecule has 1 atom stereocenters. The number of nitrogens with one attached hydrogen (secondary N) is 2. The molecular weight excluding hydrogens is 406 g/mol. The zero-order chi connectivity index (χ0) is 22.7. The van der Waals surface area contributed by atoms with Gasteiger partial charge < -0.3 is 10.1 Å². The van der Waals surface area contributed by atoms with Crippen molar-refractivity contribution in [2.24, 2.45) is 5.92 Å². The Bertz CT molecular complexity index is 1210. The van der Waals surface area contributed by atoms with Gasteiger partial charge in [0.25, 0.3) is 11.5 Å². The molecule has 1 aliphatic heterocycles. The molecule has 8 nitrogen and oxygen atoms in total. The minimum atomic E-state index is -0.254. The summed E-state index contributed by atoms with van der Waals surface area (Å²) in [5.41, 5.74) is 2.81. The fraction of sp³-hybridized carbons (Fsp3) is 0.333. The number of pyridine rings is 1. The van der Waals surface area contributed by atoms with Crippen molar-refractivity contribution in [1.29, 1.82) is 5.26 Å². The lowest BCUT2D eigenvalue weighted by Crippen LogP contribution is -2.40. The number of aromatic nitrogens is 3. The van der Waals surface area contributed by atoms with E-state index in [9.17, 15) is 9.59 Å². The zero-order valence-electron chi connectivity index (χ0n) is 18.1. The number of hydrogen-bond acceptors (Lipinski definition) is 5. The maximum absolute atomic E-state index is 13.0. The molecule has 4 rings (SSSR count). The highest BCUT2D eigenvalue weighted by Gasteiger charge is 2.22. The van der Waals surface area contributed by atoms with Gasteiger partial charge in [-0.3, -0.25) is 14.7 Å². The van der Waals surface area contributed by atoms with Crippen LogP contribution < -0.4 is 10.9 Å². The van der Waals surface area contributed by atoms with Gasteiger partial charge in [-0.2, -0.15) is 5.26 Å². The molecule has 3 aromatic rings. The first-order valence-corrected chi connectivity index (χ1v) is 10.6. The monoisotopic (exact) mass is 431 g/mol. The first-order chi connectivity index (χ1) is 15.5. The number of nitrogens with zero attached hydrogens (tertiary/aromatic N) is 3. The Labute approximate surface area is 185 Å². The van der Waals surface area contributed by atoms with Gasteiger partial charge in [-0.15, -0.1) is 0 Å². The molecule has 1 amide bonds. The summed E-state index contributed by atoms with van der Waals surface area (Å²) in [7, 11) is 0. The first-order valence-electron chi connectivity index (χ1n) is 10.6. The van der Waals surface area contributed by atoms with Gasteiger partial charge in [-0.05, 0) is 68.0 Å². The van der Waals surface area contributed by atoms with Crippen LogP contribution in [0.3, 0.4) is 0 Å². The van der Waals surface area contributed by atoms with E-state index in [1.807, 2.05) is 13.8 Å². The van der Waals surface area contributed by atoms with E-state index in [1.165, 1.54) is 10.9 Å². The van der Waals surface area contributed by atoms with Crippen molar-refractivity contribution in [2.75, 3.05) is 13.2 Å². The van der Waals surface area contributed by atoms with Crippen LogP contribution in [0, 0.1) is 24.2 Å². The van der Waals surface area contributed by atoms with Gasteiger partial charge in [0.15, 0.2) is 5.82 Å². The summed E-state index contributed by atoms with van der Waals surface area (Å²) >= 11 is 0. The number of amides is 1. The highest BCUT2D eigenvalue weighted by atomic mass is 16.5. The third-order valence-corrected chi connectivity index (χ3v) is 5.99. The molecule has 1 saturated heterocycles. The molecule has 1 aromatic carbocycles. The summed E-state index contributed by atoms with van der Waals surface area (Å²) in [5, 5.41) is 15.0. The summed E-state index contributed by atoms with van der Waals surface area (Å²) in [5.74, 6) is 0.610. The lowest BCUT2D eigenvalue weighted by atomic mass is 9.93. The van der Waals surface area contributed by atoms with Crippen LogP contribution in [0.1, 0.15) is 41.3 Å². The van der Waals surface area contributed by atoms with E-state index >= 15 is 0 Å². The largest absolute Gasteiger partial charge is 0.381 e. The Balaban J connectivity index is 1.50. The summed E-state index contributed by atoms with van der Waals surface area (Å²) in [4.78, 5) is 29.9. The third kappa shape index (κ3) is 4.34. The number of rotatable bonds is 5. The first kappa shape index (κ1) is 21.5. The Hall–Kier alpha value is -3.70. The van der Waals surface area contributed by atoms with Gasteiger partial charge in [-0.25, -0.2) is 9.67 Å². The van der Waals surface area contributed by atoms with E-state index < -0.39 is 0 Å². The quantitative estimate of drug-likeness (QED) is 0.645. The molecule has 0 saturated carbocycles. The van der Waals surface area contributed by atoms with Crippen LogP contribution >= 0.6 is 0 Å². The molecule has 1 fully saturated rings. The minimum Gasteiger partial charge on any atom is -0.381 e. The average molecular weight is 431 g/mol. The van der Waals surface area contributed by atoms with Gasteiger partial charge in [0, 0.05) is 31.6 Å². The van der Waals surface area contributed by atoms with E-state index in [1.54, 1.807) is 36.5 Å². The molecule has 32 heavy (non-hydrogen) atoms. The molecule has 1 aliphatic rings. The number of benzene rings is 1. The standard InChI is InChI=1S/C24H25N5O3/c1-15-11-17(12-25)3-5-20(15)21-14-27-29(24(21)31)22-6-4-19(13-26-22)23(30)28-16(2)18-7-9-32-10-8-18/h3-6,11,13-14,16,18,27H,7-10H2,1-2H3,(H,28,30). The van der Waals surface area contributed by atoms with Gasteiger partial charge in [0.1, 0.15) is 0 Å². The van der Waals surface area contributed by atoms with Crippen molar-refractivity contribution in [3.05, 3.63) is 69.8 Å². The molecule has 1 unspecified atom stereocenters. The maximum Gasteiger partial charge on any atom is 0.280 e. The Kier molecular flexibility index (Phi) is 6.19. The Morgan fingerprint density at radius 3 is 2.72 bits per heavy atom. The average Bonchev–Trinajstić information content (AvgIpc) is 3.20. The Morgan fingerprint density at radius 1 is 1.28 bits per heavy atom. The lowest BCUT2D eigenvalue weighted by Gasteiger charge is -2.28. The van der Waals surface area contributed by atoms with Gasteiger partial charge in [-0.1, -0.05) is 6.07 Å². The molecule has 0 aliphatic carbocycles. The van der Waals surface area contributed by atoms with Crippen molar-refractivity contribution < 1.29 is 9.53 Å². The van der Waals surface area contributed by atoms with E-state index in [0.717, 1.165) is 37.2 Å². The molecule has 0 bridgehead atoms.